The van der Waals surface area contributed by atoms with Crippen molar-refractivity contribution in [3.8, 4) is 0 Å². The molecule has 1 amide bonds. The van der Waals surface area contributed by atoms with Crippen molar-refractivity contribution < 1.29 is 9.53 Å². The molecule has 27 heavy (non-hydrogen) atoms. The molecular weight excluding hydrogens is 344 g/mol. The van der Waals surface area contributed by atoms with Crippen molar-refractivity contribution in [3.63, 3.8) is 0 Å². The molecule has 0 atom stereocenters. The summed E-state index contributed by atoms with van der Waals surface area (Å²) in [6.07, 6.45) is 5.87. The fourth-order valence-electron chi connectivity index (χ4n) is 3.87. The van der Waals surface area contributed by atoms with Gasteiger partial charge >= 0.3 is 0 Å². The van der Waals surface area contributed by atoms with E-state index in [4.69, 9.17) is 9.72 Å². The van der Waals surface area contributed by atoms with Gasteiger partial charge in [-0.05, 0) is 32.8 Å². The van der Waals surface area contributed by atoms with Crippen molar-refractivity contribution in [2.45, 2.75) is 32.2 Å². The van der Waals surface area contributed by atoms with Crippen molar-refractivity contribution in [2.24, 2.45) is 0 Å². The summed E-state index contributed by atoms with van der Waals surface area (Å²) in [6.45, 7) is 10.2. The van der Waals surface area contributed by atoms with Gasteiger partial charge in [0.1, 0.15) is 11.4 Å². The molecule has 0 bridgehead atoms. The quantitative estimate of drug-likeness (QED) is 0.849. The summed E-state index contributed by atoms with van der Waals surface area (Å²) in [7, 11) is 0. The van der Waals surface area contributed by atoms with Gasteiger partial charge in [-0.25, -0.2) is 9.50 Å². The molecule has 2 fully saturated rings. The highest BCUT2D eigenvalue weighted by Gasteiger charge is 2.27. The second-order valence-electron chi connectivity index (χ2n) is 8.03. The van der Waals surface area contributed by atoms with Crippen LogP contribution in [0.5, 0.6) is 0 Å². The molecule has 2 saturated heterocycles. The van der Waals surface area contributed by atoms with Crippen LogP contribution in [0.15, 0.2) is 18.5 Å². The highest BCUT2D eigenvalue weighted by atomic mass is 16.5. The molecule has 0 unspecified atom stereocenters. The Morgan fingerprint density at radius 3 is 2.70 bits per heavy atom. The number of hydrogen-bond acceptors (Lipinski definition) is 6. The molecule has 0 radical (unpaired) electrons. The van der Waals surface area contributed by atoms with Crippen LogP contribution in [0.3, 0.4) is 0 Å². The Morgan fingerprint density at radius 2 is 1.96 bits per heavy atom. The zero-order valence-corrected chi connectivity index (χ0v) is 16.1. The minimum Gasteiger partial charge on any atom is -0.379 e. The summed E-state index contributed by atoms with van der Waals surface area (Å²) in [5.74, 6) is 0.788. The molecule has 1 N–H and O–H groups in total. The molecule has 2 aromatic rings. The number of aromatic nitrogens is 3. The van der Waals surface area contributed by atoms with Gasteiger partial charge in [-0.3, -0.25) is 9.69 Å². The third-order valence-corrected chi connectivity index (χ3v) is 5.20. The van der Waals surface area contributed by atoms with Crippen LogP contribution in [0, 0.1) is 0 Å². The molecule has 8 nitrogen and oxygen atoms in total. The first-order valence-electron chi connectivity index (χ1n) is 9.74. The second kappa shape index (κ2) is 7.44. The van der Waals surface area contributed by atoms with E-state index in [0.29, 0.717) is 11.2 Å². The average molecular weight is 372 g/mol. The number of amides is 1. The van der Waals surface area contributed by atoms with E-state index in [1.54, 1.807) is 10.7 Å². The number of ether oxygens (including phenoxy) is 1. The van der Waals surface area contributed by atoms with Gasteiger partial charge in [0.2, 0.25) is 0 Å². The van der Waals surface area contributed by atoms with Gasteiger partial charge in [0.05, 0.1) is 19.4 Å². The van der Waals surface area contributed by atoms with Crippen molar-refractivity contribution in [1.82, 2.24) is 24.8 Å². The molecule has 0 aliphatic carbocycles. The maximum Gasteiger partial charge on any atom is 0.257 e. The number of hydrogen-bond donors (Lipinski definition) is 1. The highest BCUT2D eigenvalue weighted by molar-refractivity contribution is 6.00. The molecule has 2 aliphatic heterocycles. The zero-order valence-electron chi connectivity index (χ0n) is 16.1. The van der Waals surface area contributed by atoms with Crippen LogP contribution in [0.1, 0.15) is 37.0 Å². The molecule has 8 heteroatoms. The summed E-state index contributed by atoms with van der Waals surface area (Å²) < 4.78 is 7.07. The number of anilines is 1. The predicted octanol–water partition coefficient (Wildman–Crippen LogP) is 1.17. The van der Waals surface area contributed by atoms with Crippen molar-refractivity contribution >= 4 is 17.4 Å². The third-order valence-electron chi connectivity index (χ3n) is 5.20. The first kappa shape index (κ1) is 18.2. The summed E-state index contributed by atoms with van der Waals surface area (Å²) in [5.41, 5.74) is 0.778. The van der Waals surface area contributed by atoms with Crippen molar-refractivity contribution in [3.05, 3.63) is 24.0 Å². The Kier molecular flexibility index (Phi) is 5.01. The van der Waals surface area contributed by atoms with Crippen LogP contribution in [-0.2, 0) is 4.74 Å². The van der Waals surface area contributed by atoms with Gasteiger partial charge in [0, 0.05) is 44.5 Å². The van der Waals surface area contributed by atoms with Crippen LogP contribution < -0.4 is 10.2 Å². The van der Waals surface area contributed by atoms with Crippen molar-refractivity contribution in [2.75, 3.05) is 50.8 Å². The lowest BCUT2D eigenvalue weighted by Crippen LogP contribution is -2.53. The summed E-state index contributed by atoms with van der Waals surface area (Å²) >= 11 is 0. The largest absolute Gasteiger partial charge is 0.379 e. The number of nitrogens with one attached hydrogen (secondary N) is 1. The molecule has 4 heterocycles. The number of carbonyl (C=O) groups excluding carboxylic acids is 1. The minimum absolute atomic E-state index is 0.130. The monoisotopic (exact) mass is 372 g/mol. The fraction of sp³-hybridized carbons (Fsp3) is 0.632. The number of carbonyl (C=O) groups is 1. The molecule has 2 aliphatic rings. The van der Waals surface area contributed by atoms with Crippen molar-refractivity contribution in [1.29, 1.82) is 0 Å². The minimum atomic E-state index is -0.352. The molecule has 4 rings (SSSR count). The van der Waals surface area contributed by atoms with E-state index in [1.807, 2.05) is 12.3 Å². The van der Waals surface area contributed by atoms with E-state index < -0.39 is 0 Å². The van der Waals surface area contributed by atoms with Gasteiger partial charge in [0.15, 0.2) is 5.65 Å². The maximum atomic E-state index is 12.9. The lowest BCUT2D eigenvalue weighted by Gasteiger charge is -2.35. The Balaban J connectivity index is 1.50. The highest BCUT2D eigenvalue weighted by Crippen LogP contribution is 2.20. The van der Waals surface area contributed by atoms with Gasteiger partial charge in [-0.15, -0.1) is 0 Å². The van der Waals surface area contributed by atoms with E-state index in [0.717, 1.165) is 51.8 Å². The third kappa shape index (κ3) is 4.06. The Labute approximate surface area is 159 Å². The average Bonchev–Trinajstić information content (AvgIpc) is 3.31. The molecule has 146 valence electrons. The van der Waals surface area contributed by atoms with E-state index in [2.05, 4.69) is 34.1 Å². The van der Waals surface area contributed by atoms with Gasteiger partial charge in [-0.2, -0.15) is 5.10 Å². The lowest BCUT2D eigenvalue weighted by molar-refractivity contribution is 0.0269. The van der Waals surface area contributed by atoms with E-state index >= 15 is 0 Å². The molecule has 0 aromatic carbocycles. The predicted molar refractivity (Wildman–Crippen MR) is 103 cm³/mol. The number of morpholine rings is 1. The standard InChI is InChI=1S/C19H28N6O2/c1-19(2,14-23-9-11-27-12-10-23)22-18(26)15-13-20-25-8-5-16(21-17(15)25)24-6-3-4-7-24/h5,8,13H,3-4,6-7,9-12,14H2,1-2H3,(H,22,26). The normalized spacial score (nSPS) is 19.0. The van der Waals surface area contributed by atoms with Gasteiger partial charge in [-0.1, -0.05) is 0 Å². The number of nitrogens with zero attached hydrogens (tertiary/aromatic N) is 5. The topological polar surface area (TPSA) is 75.0 Å². The van der Waals surface area contributed by atoms with E-state index in [9.17, 15) is 4.79 Å². The van der Waals surface area contributed by atoms with Crippen LogP contribution >= 0.6 is 0 Å². The first-order valence-corrected chi connectivity index (χ1v) is 9.74. The van der Waals surface area contributed by atoms with E-state index in [-0.39, 0.29) is 11.4 Å². The molecule has 0 saturated carbocycles. The Bertz CT molecular complexity index is 806. The first-order chi connectivity index (χ1) is 13.0. The molecular formula is C19H28N6O2. The smallest absolute Gasteiger partial charge is 0.257 e. The Morgan fingerprint density at radius 1 is 1.22 bits per heavy atom. The second-order valence-corrected chi connectivity index (χ2v) is 8.03. The zero-order chi connectivity index (χ0) is 18.9. The van der Waals surface area contributed by atoms with Gasteiger partial charge in [0.25, 0.3) is 5.91 Å². The van der Waals surface area contributed by atoms with Crippen LogP contribution in [0.2, 0.25) is 0 Å². The molecule has 2 aromatic heterocycles. The van der Waals surface area contributed by atoms with Crippen LogP contribution in [-0.4, -0.2) is 76.9 Å². The maximum absolute atomic E-state index is 12.9. The molecule has 0 spiro atoms. The summed E-state index contributed by atoms with van der Waals surface area (Å²) in [6, 6.07) is 1.97. The van der Waals surface area contributed by atoms with Crippen LogP contribution in [0.25, 0.3) is 5.65 Å². The summed E-state index contributed by atoms with van der Waals surface area (Å²) in [4.78, 5) is 22.3. The summed E-state index contributed by atoms with van der Waals surface area (Å²) in [5, 5.41) is 7.46. The van der Waals surface area contributed by atoms with Crippen LogP contribution in [0.4, 0.5) is 5.82 Å². The van der Waals surface area contributed by atoms with E-state index in [1.165, 1.54) is 12.8 Å². The number of rotatable bonds is 5. The van der Waals surface area contributed by atoms with Gasteiger partial charge < -0.3 is 15.0 Å². The number of fused-ring (bicyclic) bond motifs is 1. The fourth-order valence-corrected chi connectivity index (χ4v) is 3.87. The lowest BCUT2D eigenvalue weighted by atomic mass is 10.0. The SMILES string of the molecule is CC(C)(CN1CCOCC1)NC(=O)c1cnn2ccc(N3CCCC3)nc12. The Hall–Kier alpha value is -2.19.